The van der Waals surface area contributed by atoms with Crippen LogP contribution in [0.1, 0.15) is 40.8 Å². The first-order valence-corrected chi connectivity index (χ1v) is 8.26. The largest absolute Gasteiger partial charge is 0.478 e. The maximum absolute atomic E-state index is 11.5. The highest BCUT2D eigenvalue weighted by molar-refractivity contribution is 5.93. The van der Waals surface area contributed by atoms with E-state index >= 15 is 0 Å². The molecular formula is C17H21N5O3. The van der Waals surface area contributed by atoms with Crippen molar-refractivity contribution in [2.75, 3.05) is 11.4 Å². The summed E-state index contributed by atoms with van der Waals surface area (Å²) >= 11 is 0. The smallest absolute Gasteiger partial charge is 0.339 e. The average Bonchev–Trinajstić information content (AvgIpc) is 3.01. The van der Waals surface area contributed by atoms with Gasteiger partial charge in [-0.2, -0.15) is 5.10 Å². The van der Waals surface area contributed by atoms with Gasteiger partial charge in [-0.3, -0.25) is 9.48 Å². The molecule has 0 saturated carbocycles. The molecular weight excluding hydrogens is 322 g/mol. The van der Waals surface area contributed by atoms with E-state index in [9.17, 15) is 14.7 Å². The van der Waals surface area contributed by atoms with Crippen LogP contribution in [0.25, 0.3) is 0 Å². The number of aromatic carboxylic acids is 1. The number of nitrogens with one attached hydrogen (secondary N) is 1. The highest BCUT2D eigenvalue weighted by atomic mass is 16.4. The van der Waals surface area contributed by atoms with Crippen molar-refractivity contribution < 1.29 is 14.7 Å². The molecule has 1 aliphatic heterocycles. The Hall–Kier alpha value is -2.90. The summed E-state index contributed by atoms with van der Waals surface area (Å²) in [5.74, 6) is -0.506. The zero-order valence-corrected chi connectivity index (χ0v) is 14.3. The number of anilines is 1. The van der Waals surface area contributed by atoms with E-state index in [2.05, 4.69) is 15.4 Å². The van der Waals surface area contributed by atoms with Gasteiger partial charge in [0, 0.05) is 18.7 Å². The van der Waals surface area contributed by atoms with Crippen molar-refractivity contribution in [1.29, 1.82) is 0 Å². The molecule has 2 aromatic rings. The van der Waals surface area contributed by atoms with Crippen LogP contribution in [0, 0.1) is 6.92 Å². The summed E-state index contributed by atoms with van der Waals surface area (Å²) in [5, 5.41) is 16.7. The molecule has 0 spiro atoms. The molecule has 8 nitrogen and oxygen atoms in total. The van der Waals surface area contributed by atoms with Crippen LogP contribution in [0.4, 0.5) is 5.82 Å². The van der Waals surface area contributed by atoms with Crippen LogP contribution in [0.3, 0.4) is 0 Å². The second-order valence-corrected chi connectivity index (χ2v) is 6.03. The molecule has 2 aromatic heterocycles. The first-order chi connectivity index (χ1) is 12.0. The lowest BCUT2D eigenvalue weighted by Gasteiger charge is -2.29. The number of carboxylic acids is 1. The van der Waals surface area contributed by atoms with Crippen molar-refractivity contribution in [3.8, 4) is 0 Å². The maximum atomic E-state index is 11.5. The van der Waals surface area contributed by atoms with Gasteiger partial charge in [-0.05, 0) is 25.1 Å². The number of aryl methyl sites for hydroxylation is 1. The van der Waals surface area contributed by atoms with Crippen molar-refractivity contribution in [1.82, 2.24) is 20.1 Å². The van der Waals surface area contributed by atoms with E-state index in [1.165, 1.54) is 0 Å². The molecule has 1 aliphatic rings. The molecule has 25 heavy (non-hydrogen) atoms. The lowest BCUT2D eigenvalue weighted by atomic mass is 10.2. The minimum Gasteiger partial charge on any atom is -0.478 e. The Bertz CT molecular complexity index is 815. The molecule has 0 aliphatic carbocycles. The van der Waals surface area contributed by atoms with E-state index in [4.69, 9.17) is 0 Å². The first-order valence-electron chi connectivity index (χ1n) is 8.26. The Morgan fingerprint density at radius 2 is 2.12 bits per heavy atom. The molecule has 8 heteroatoms. The Morgan fingerprint density at radius 3 is 2.84 bits per heavy atom. The normalized spacial score (nSPS) is 13.4. The van der Waals surface area contributed by atoms with Gasteiger partial charge in [-0.15, -0.1) is 0 Å². The fourth-order valence-electron chi connectivity index (χ4n) is 2.86. The van der Waals surface area contributed by atoms with Gasteiger partial charge in [0.05, 0.1) is 31.0 Å². The first kappa shape index (κ1) is 16.9. The van der Waals surface area contributed by atoms with Gasteiger partial charge in [-0.25, -0.2) is 9.78 Å². The van der Waals surface area contributed by atoms with Crippen molar-refractivity contribution in [3.05, 3.63) is 40.8 Å². The fraction of sp³-hybridized carbons (Fsp3) is 0.412. The molecule has 0 radical (unpaired) electrons. The SMILES string of the molecule is CCC(=O)NCc1cc2n(n1)CCN(c1nc(C)ccc1C(=O)O)C2. The van der Waals surface area contributed by atoms with E-state index in [-0.39, 0.29) is 11.5 Å². The highest BCUT2D eigenvalue weighted by Crippen LogP contribution is 2.24. The third kappa shape index (κ3) is 3.62. The minimum absolute atomic E-state index is 0.0114. The summed E-state index contributed by atoms with van der Waals surface area (Å²) in [6.07, 6.45) is 0.443. The van der Waals surface area contributed by atoms with Crippen LogP contribution < -0.4 is 10.2 Å². The Kier molecular flexibility index (Phi) is 4.69. The molecule has 132 valence electrons. The van der Waals surface area contributed by atoms with Gasteiger partial charge in [0.2, 0.25) is 5.91 Å². The summed E-state index contributed by atoms with van der Waals surface area (Å²) in [6, 6.07) is 5.24. The Morgan fingerprint density at radius 1 is 1.32 bits per heavy atom. The van der Waals surface area contributed by atoms with E-state index in [0.29, 0.717) is 38.4 Å². The summed E-state index contributed by atoms with van der Waals surface area (Å²) < 4.78 is 1.90. The third-order valence-electron chi connectivity index (χ3n) is 4.18. The number of aromatic nitrogens is 3. The Balaban J connectivity index is 1.80. The van der Waals surface area contributed by atoms with Crippen molar-refractivity contribution in [2.24, 2.45) is 0 Å². The Labute approximate surface area is 145 Å². The summed E-state index contributed by atoms with van der Waals surface area (Å²) in [6.45, 7) is 5.86. The predicted octanol–water partition coefficient (Wildman–Crippen LogP) is 1.33. The van der Waals surface area contributed by atoms with E-state index in [1.54, 1.807) is 19.1 Å². The van der Waals surface area contributed by atoms with Crippen LogP contribution in [0.5, 0.6) is 0 Å². The van der Waals surface area contributed by atoms with Crippen LogP contribution in [-0.2, 0) is 24.4 Å². The predicted molar refractivity (Wildman–Crippen MR) is 91.3 cm³/mol. The molecule has 3 rings (SSSR count). The number of carbonyl (C=O) groups is 2. The standard InChI is InChI=1S/C17H21N5O3/c1-3-15(23)18-9-12-8-13-10-21(6-7-22(13)20-12)16-14(17(24)25)5-4-11(2)19-16/h4-5,8H,3,6-7,9-10H2,1-2H3,(H,18,23)(H,24,25). The molecule has 0 unspecified atom stereocenters. The van der Waals surface area contributed by atoms with E-state index < -0.39 is 5.97 Å². The van der Waals surface area contributed by atoms with Gasteiger partial charge in [-0.1, -0.05) is 6.92 Å². The number of amides is 1. The summed E-state index contributed by atoms with van der Waals surface area (Å²) in [4.78, 5) is 29.2. The number of nitrogens with zero attached hydrogens (tertiary/aromatic N) is 4. The summed E-state index contributed by atoms with van der Waals surface area (Å²) in [5.41, 5.74) is 2.76. The van der Waals surface area contributed by atoms with E-state index in [1.807, 2.05) is 22.6 Å². The van der Waals surface area contributed by atoms with Crippen LogP contribution in [-0.4, -0.2) is 38.3 Å². The van der Waals surface area contributed by atoms with Crippen molar-refractivity contribution in [3.63, 3.8) is 0 Å². The van der Waals surface area contributed by atoms with Crippen LogP contribution >= 0.6 is 0 Å². The quantitative estimate of drug-likeness (QED) is 0.849. The third-order valence-corrected chi connectivity index (χ3v) is 4.18. The second kappa shape index (κ2) is 6.92. The van der Waals surface area contributed by atoms with Crippen LogP contribution in [0.2, 0.25) is 0 Å². The lowest BCUT2D eigenvalue weighted by Crippen LogP contribution is -2.35. The van der Waals surface area contributed by atoms with Gasteiger partial charge in [0.25, 0.3) is 0 Å². The molecule has 3 heterocycles. The van der Waals surface area contributed by atoms with Gasteiger partial charge in [0.1, 0.15) is 11.4 Å². The zero-order chi connectivity index (χ0) is 18.0. The number of carboxylic acid groups (broad SMARTS) is 1. The van der Waals surface area contributed by atoms with Crippen molar-refractivity contribution in [2.45, 2.75) is 39.9 Å². The molecule has 0 saturated heterocycles. The number of fused-ring (bicyclic) bond motifs is 1. The van der Waals surface area contributed by atoms with Crippen LogP contribution in [0.15, 0.2) is 18.2 Å². The van der Waals surface area contributed by atoms with Crippen molar-refractivity contribution >= 4 is 17.7 Å². The summed E-state index contributed by atoms with van der Waals surface area (Å²) in [7, 11) is 0. The lowest BCUT2D eigenvalue weighted by molar-refractivity contribution is -0.120. The van der Waals surface area contributed by atoms with Gasteiger partial charge in [0.15, 0.2) is 0 Å². The zero-order valence-electron chi connectivity index (χ0n) is 14.3. The number of carbonyl (C=O) groups excluding carboxylic acids is 1. The molecule has 1 amide bonds. The molecule has 0 aromatic carbocycles. The topological polar surface area (TPSA) is 100 Å². The fourth-order valence-corrected chi connectivity index (χ4v) is 2.86. The van der Waals surface area contributed by atoms with Gasteiger partial charge >= 0.3 is 5.97 Å². The molecule has 0 bridgehead atoms. The number of pyridine rings is 1. The average molecular weight is 343 g/mol. The molecule has 0 atom stereocenters. The number of hydrogen-bond acceptors (Lipinski definition) is 5. The van der Waals surface area contributed by atoms with E-state index in [0.717, 1.165) is 17.1 Å². The van der Waals surface area contributed by atoms with Gasteiger partial charge < -0.3 is 15.3 Å². The molecule has 2 N–H and O–H groups in total. The highest BCUT2D eigenvalue weighted by Gasteiger charge is 2.23. The monoisotopic (exact) mass is 343 g/mol. The number of hydrogen-bond donors (Lipinski definition) is 2. The number of rotatable bonds is 5. The molecule has 0 fully saturated rings. The second-order valence-electron chi connectivity index (χ2n) is 6.03. The maximum Gasteiger partial charge on any atom is 0.339 e. The minimum atomic E-state index is -0.982.